The first-order chi connectivity index (χ1) is 22.7. The Kier molecular flexibility index (Phi) is 17.3. The maximum atomic E-state index is 12.9. The van der Waals surface area contributed by atoms with Crippen LogP contribution in [0.15, 0.2) is 48.5 Å². The number of amides is 1. The number of aliphatic hydroxyl groups excluding tert-OH is 6. The second-order valence-electron chi connectivity index (χ2n) is 12.8. The van der Waals surface area contributed by atoms with E-state index in [2.05, 4.69) is 60.8 Å². The van der Waals surface area contributed by atoms with E-state index < -0.39 is 55.6 Å². The van der Waals surface area contributed by atoms with Gasteiger partial charge in [-0.05, 0) is 60.8 Å². The van der Waals surface area contributed by atoms with Gasteiger partial charge in [0.2, 0.25) is 5.91 Å². The van der Waals surface area contributed by atoms with Crippen molar-refractivity contribution >= 4 is 5.91 Å². The fraction of sp³-hybridized carbons (Fsp3) is 0.649. The summed E-state index contributed by atoms with van der Waals surface area (Å²) in [7, 11) is 0. The summed E-state index contributed by atoms with van der Waals surface area (Å²) in [4.78, 5) is 12.9. The third-order valence-corrected chi connectivity index (χ3v) is 8.97. The molecule has 1 aliphatic rings. The van der Waals surface area contributed by atoms with Crippen LogP contribution in [0.3, 0.4) is 0 Å². The lowest BCUT2D eigenvalue weighted by Crippen LogP contribution is -2.60. The average Bonchev–Trinajstić information content (AvgIpc) is 3.08. The molecule has 1 amide bonds. The molecule has 1 saturated heterocycles. The lowest BCUT2D eigenvalue weighted by molar-refractivity contribution is -0.303. The second kappa shape index (κ2) is 20.8. The first-order valence-electron chi connectivity index (χ1n) is 17.4. The molecule has 2 aromatic carbocycles. The Labute approximate surface area is 279 Å². The molecule has 0 aromatic heterocycles. The van der Waals surface area contributed by atoms with Crippen molar-refractivity contribution < 1.29 is 44.9 Å². The first kappa shape index (κ1) is 39.0. The number of unbranched alkanes of at least 4 members (excludes halogenated alkanes) is 5. The smallest absolute Gasteiger partial charge is 0.220 e. The van der Waals surface area contributed by atoms with Crippen LogP contribution in [0.4, 0.5) is 0 Å². The van der Waals surface area contributed by atoms with Crippen LogP contribution in [0.1, 0.15) is 89.2 Å². The Morgan fingerprint density at radius 1 is 0.787 bits per heavy atom. The van der Waals surface area contributed by atoms with E-state index in [0.717, 1.165) is 32.1 Å². The van der Waals surface area contributed by atoms with Crippen LogP contribution in [-0.2, 0) is 27.1 Å². The van der Waals surface area contributed by atoms with Crippen molar-refractivity contribution in [2.45, 2.75) is 140 Å². The van der Waals surface area contributed by atoms with Crippen LogP contribution >= 0.6 is 0 Å². The van der Waals surface area contributed by atoms with Gasteiger partial charge in [0, 0.05) is 6.42 Å². The maximum Gasteiger partial charge on any atom is 0.220 e. The van der Waals surface area contributed by atoms with Gasteiger partial charge in [-0.25, -0.2) is 0 Å². The number of rotatable bonds is 21. The molecule has 8 atom stereocenters. The molecule has 7 N–H and O–H groups in total. The summed E-state index contributed by atoms with van der Waals surface area (Å²) in [6, 6.07) is 16.2. The second-order valence-corrected chi connectivity index (χ2v) is 12.8. The molecule has 1 aliphatic heterocycles. The molecule has 1 fully saturated rings. The zero-order chi connectivity index (χ0) is 34.2. The first-order valence-corrected chi connectivity index (χ1v) is 17.4. The van der Waals surface area contributed by atoms with E-state index in [1.54, 1.807) is 0 Å². The molecule has 0 aliphatic carbocycles. The highest BCUT2D eigenvalue weighted by Crippen LogP contribution is 2.24. The lowest BCUT2D eigenvalue weighted by atomic mass is 9.98. The van der Waals surface area contributed by atoms with E-state index in [1.165, 1.54) is 41.5 Å². The third-order valence-electron chi connectivity index (χ3n) is 8.97. The summed E-state index contributed by atoms with van der Waals surface area (Å²) in [6.45, 7) is 3.30. The number of carbonyl (C=O) groups is 1. The number of ether oxygens (including phenoxy) is 2. The summed E-state index contributed by atoms with van der Waals surface area (Å²) in [5.74, 6) is -0.319. The Bertz CT molecular complexity index is 1140. The fourth-order valence-corrected chi connectivity index (χ4v) is 5.87. The number of nitrogens with one attached hydrogen (secondary N) is 1. The zero-order valence-electron chi connectivity index (χ0n) is 28.0. The minimum atomic E-state index is -1.62. The molecule has 0 spiro atoms. The van der Waals surface area contributed by atoms with Crippen molar-refractivity contribution in [1.29, 1.82) is 0 Å². The van der Waals surface area contributed by atoms with E-state index in [1.807, 2.05) is 6.92 Å². The molecule has 0 radical (unpaired) electrons. The molecule has 2 aromatic rings. The monoisotopic (exact) mass is 659 g/mol. The van der Waals surface area contributed by atoms with Crippen molar-refractivity contribution in [3.8, 4) is 11.1 Å². The summed E-state index contributed by atoms with van der Waals surface area (Å²) >= 11 is 0. The highest BCUT2D eigenvalue weighted by atomic mass is 16.7. The highest BCUT2D eigenvalue weighted by molar-refractivity contribution is 5.76. The van der Waals surface area contributed by atoms with Crippen LogP contribution < -0.4 is 5.32 Å². The Hall–Kier alpha value is -2.41. The highest BCUT2D eigenvalue weighted by Gasteiger charge is 2.44. The van der Waals surface area contributed by atoms with Gasteiger partial charge in [-0.1, -0.05) is 94.5 Å². The van der Waals surface area contributed by atoms with E-state index in [-0.39, 0.29) is 18.9 Å². The van der Waals surface area contributed by atoms with Crippen LogP contribution in [-0.4, -0.2) is 98.7 Å². The molecule has 10 heteroatoms. The van der Waals surface area contributed by atoms with Gasteiger partial charge in [0.25, 0.3) is 0 Å². The van der Waals surface area contributed by atoms with Gasteiger partial charge in [-0.15, -0.1) is 0 Å². The van der Waals surface area contributed by atoms with Gasteiger partial charge in [0.05, 0.1) is 25.4 Å². The molecule has 0 saturated carbocycles. The maximum absolute atomic E-state index is 12.9. The Morgan fingerprint density at radius 2 is 1.34 bits per heavy atom. The SMILES string of the molecule is CCCCCc1ccc(-c2ccc(CCCCC(=O)N[C@@H](COC3OC(CO)C(O)C(O)C3O)[C@H](O)[C@H](O)CCCCC)cc2)cc1. The summed E-state index contributed by atoms with van der Waals surface area (Å²) < 4.78 is 11.0. The summed E-state index contributed by atoms with van der Waals surface area (Å²) in [5, 5.41) is 64.2. The van der Waals surface area contributed by atoms with Gasteiger partial charge in [0.15, 0.2) is 6.29 Å². The minimum absolute atomic E-state index is 0.206. The van der Waals surface area contributed by atoms with E-state index in [0.29, 0.717) is 19.3 Å². The molecule has 264 valence electrons. The fourth-order valence-electron chi connectivity index (χ4n) is 5.87. The Morgan fingerprint density at radius 3 is 1.89 bits per heavy atom. The van der Waals surface area contributed by atoms with Crippen LogP contribution in [0.5, 0.6) is 0 Å². The van der Waals surface area contributed by atoms with Gasteiger partial charge < -0.3 is 45.4 Å². The lowest BCUT2D eigenvalue weighted by Gasteiger charge is -2.40. The van der Waals surface area contributed by atoms with Crippen LogP contribution in [0.2, 0.25) is 0 Å². The average molecular weight is 660 g/mol. The van der Waals surface area contributed by atoms with Crippen molar-refractivity contribution in [2.24, 2.45) is 0 Å². The molecule has 47 heavy (non-hydrogen) atoms. The number of carbonyl (C=O) groups excluding carboxylic acids is 1. The zero-order valence-corrected chi connectivity index (χ0v) is 28.0. The molecular formula is C37H57NO9. The number of hydrogen-bond donors (Lipinski definition) is 7. The molecule has 5 unspecified atom stereocenters. The standard InChI is InChI=1S/C37H57NO9/c1-3-5-7-11-25-15-19-27(20-16-25)28-21-17-26(18-22-28)12-9-10-14-32(41)38-29(33(42)30(40)13-8-6-4-2)24-46-37-36(45)35(44)34(43)31(23-39)47-37/h15-22,29-31,33-37,39-40,42-45H,3-14,23-24H2,1-2H3,(H,38,41)/t29-,30+,31?,33-,34?,35?,36?,37?/m0/s1. The van der Waals surface area contributed by atoms with E-state index in [4.69, 9.17) is 9.47 Å². The van der Waals surface area contributed by atoms with Gasteiger partial charge in [-0.2, -0.15) is 0 Å². The topological polar surface area (TPSA) is 169 Å². The summed E-state index contributed by atoms with van der Waals surface area (Å²) in [6.07, 6.45) is 0.285. The van der Waals surface area contributed by atoms with E-state index in [9.17, 15) is 35.4 Å². The quantitative estimate of drug-likeness (QED) is 0.0994. The van der Waals surface area contributed by atoms with Crippen molar-refractivity contribution in [2.75, 3.05) is 13.2 Å². The van der Waals surface area contributed by atoms with Crippen molar-refractivity contribution in [3.63, 3.8) is 0 Å². The van der Waals surface area contributed by atoms with Gasteiger partial charge in [-0.3, -0.25) is 4.79 Å². The number of aliphatic hydroxyl groups is 6. The van der Waals surface area contributed by atoms with Gasteiger partial charge >= 0.3 is 0 Å². The molecular weight excluding hydrogens is 602 g/mol. The molecule has 10 nitrogen and oxygen atoms in total. The molecule has 3 rings (SSSR count). The van der Waals surface area contributed by atoms with E-state index >= 15 is 0 Å². The summed E-state index contributed by atoms with van der Waals surface area (Å²) in [5.41, 5.74) is 4.91. The number of benzene rings is 2. The normalized spacial score (nSPS) is 23.3. The Balaban J connectivity index is 1.49. The van der Waals surface area contributed by atoms with Crippen LogP contribution in [0, 0.1) is 0 Å². The molecule has 1 heterocycles. The number of aryl methyl sites for hydroxylation is 2. The van der Waals surface area contributed by atoms with Crippen molar-refractivity contribution in [3.05, 3.63) is 59.7 Å². The molecule has 0 bridgehead atoms. The number of hydrogen-bond acceptors (Lipinski definition) is 9. The predicted octanol–water partition coefficient (Wildman–Crippen LogP) is 3.40. The van der Waals surface area contributed by atoms with Crippen LogP contribution in [0.25, 0.3) is 11.1 Å². The predicted molar refractivity (Wildman–Crippen MR) is 180 cm³/mol. The van der Waals surface area contributed by atoms with Crippen molar-refractivity contribution in [1.82, 2.24) is 5.32 Å². The third kappa shape index (κ3) is 12.5. The minimum Gasteiger partial charge on any atom is -0.394 e. The largest absolute Gasteiger partial charge is 0.394 e. The van der Waals surface area contributed by atoms with Gasteiger partial charge in [0.1, 0.15) is 30.5 Å².